The lowest BCUT2D eigenvalue weighted by Crippen LogP contribution is -2.11. The molecule has 0 aliphatic rings. The van der Waals surface area contributed by atoms with Crippen molar-refractivity contribution in [2.45, 2.75) is 19.3 Å². The third-order valence-corrected chi connectivity index (χ3v) is 2.28. The standard InChI is InChI=1S/C11H14N2O5/c14-6-2-1-3-11(16)12-9-5-4-8(13(17)18)7-10(9)15/h4-5,7,14-15H,1-3,6H2,(H,12,16). The van der Waals surface area contributed by atoms with Crippen molar-refractivity contribution in [2.24, 2.45) is 0 Å². The minimum atomic E-state index is -0.632. The molecule has 1 rings (SSSR count). The summed E-state index contributed by atoms with van der Waals surface area (Å²) in [6.45, 7) is 0.0239. The van der Waals surface area contributed by atoms with E-state index in [1.807, 2.05) is 0 Å². The van der Waals surface area contributed by atoms with E-state index in [-0.39, 0.29) is 36.1 Å². The molecule has 0 saturated heterocycles. The monoisotopic (exact) mass is 254 g/mol. The highest BCUT2D eigenvalue weighted by Crippen LogP contribution is 2.27. The fourth-order valence-corrected chi connectivity index (χ4v) is 1.35. The van der Waals surface area contributed by atoms with E-state index in [9.17, 15) is 20.0 Å². The molecule has 0 saturated carbocycles. The number of rotatable bonds is 6. The van der Waals surface area contributed by atoms with E-state index < -0.39 is 4.92 Å². The molecule has 0 fully saturated rings. The first-order valence-electron chi connectivity index (χ1n) is 5.42. The highest BCUT2D eigenvalue weighted by Gasteiger charge is 2.11. The number of aliphatic hydroxyl groups excluding tert-OH is 1. The molecule has 0 heterocycles. The lowest BCUT2D eigenvalue weighted by molar-refractivity contribution is -0.384. The number of phenols is 1. The van der Waals surface area contributed by atoms with Gasteiger partial charge in [0.1, 0.15) is 5.75 Å². The van der Waals surface area contributed by atoms with Crippen LogP contribution in [-0.4, -0.2) is 27.7 Å². The number of aromatic hydroxyl groups is 1. The van der Waals surface area contributed by atoms with Crippen molar-refractivity contribution in [3.8, 4) is 5.75 Å². The van der Waals surface area contributed by atoms with Crippen LogP contribution in [0.5, 0.6) is 5.75 Å². The van der Waals surface area contributed by atoms with Gasteiger partial charge in [-0.1, -0.05) is 0 Å². The van der Waals surface area contributed by atoms with Crippen LogP contribution in [0.1, 0.15) is 19.3 Å². The van der Waals surface area contributed by atoms with Crippen molar-refractivity contribution in [1.82, 2.24) is 0 Å². The summed E-state index contributed by atoms with van der Waals surface area (Å²) >= 11 is 0. The van der Waals surface area contributed by atoms with Crippen LogP contribution in [0.3, 0.4) is 0 Å². The number of benzene rings is 1. The number of non-ortho nitro benzene ring substituents is 1. The zero-order valence-corrected chi connectivity index (χ0v) is 9.63. The summed E-state index contributed by atoms with van der Waals surface area (Å²) in [5.74, 6) is -0.660. The van der Waals surface area contributed by atoms with Gasteiger partial charge in [0, 0.05) is 19.1 Å². The molecule has 0 aromatic heterocycles. The Hall–Kier alpha value is -2.15. The van der Waals surface area contributed by atoms with E-state index in [4.69, 9.17) is 5.11 Å². The zero-order chi connectivity index (χ0) is 13.5. The Bertz CT molecular complexity index is 447. The molecule has 0 aliphatic carbocycles. The molecule has 0 spiro atoms. The van der Waals surface area contributed by atoms with Crippen LogP contribution in [-0.2, 0) is 4.79 Å². The van der Waals surface area contributed by atoms with Gasteiger partial charge in [-0.3, -0.25) is 14.9 Å². The third kappa shape index (κ3) is 4.02. The van der Waals surface area contributed by atoms with Gasteiger partial charge < -0.3 is 15.5 Å². The number of hydrogen-bond donors (Lipinski definition) is 3. The molecular weight excluding hydrogens is 240 g/mol. The first kappa shape index (κ1) is 13.9. The summed E-state index contributed by atoms with van der Waals surface area (Å²) in [5.41, 5.74) is -0.111. The first-order valence-corrected chi connectivity index (χ1v) is 5.42. The van der Waals surface area contributed by atoms with Gasteiger partial charge in [-0.05, 0) is 18.9 Å². The van der Waals surface area contributed by atoms with Crippen molar-refractivity contribution < 1.29 is 19.9 Å². The summed E-state index contributed by atoms with van der Waals surface area (Å²) in [6.07, 6.45) is 1.28. The second-order valence-corrected chi connectivity index (χ2v) is 3.69. The summed E-state index contributed by atoms with van der Waals surface area (Å²) in [7, 11) is 0. The number of phenolic OH excluding ortho intramolecular Hbond substituents is 1. The number of hydrogen-bond acceptors (Lipinski definition) is 5. The lowest BCUT2D eigenvalue weighted by atomic mass is 10.2. The zero-order valence-electron chi connectivity index (χ0n) is 9.63. The molecule has 7 heteroatoms. The predicted octanol–water partition coefficient (Wildman–Crippen LogP) is 1.40. The Balaban J connectivity index is 2.62. The van der Waals surface area contributed by atoms with Crippen LogP contribution in [0.2, 0.25) is 0 Å². The maximum absolute atomic E-state index is 11.4. The van der Waals surface area contributed by atoms with Crippen molar-refractivity contribution in [3.05, 3.63) is 28.3 Å². The Kier molecular flexibility index (Phi) is 5.06. The molecule has 1 aromatic carbocycles. The van der Waals surface area contributed by atoms with E-state index >= 15 is 0 Å². The summed E-state index contributed by atoms with van der Waals surface area (Å²) in [6, 6.07) is 3.45. The van der Waals surface area contributed by atoms with Gasteiger partial charge in [0.2, 0.25) is 5.91 Å². The number of nitro benzene ring substituents is 1. The number of unbranched alkanes of at least 4 members (excludes halogenated alkanes) is 1. The van der Waals surface area contributed by atoms with Crippen LogP contribution in [0, 0.1) is 10.1 Å². The fourth-order valence-electron chi connectivity index (χ4n) is 1.35. The average molecular weight is 254 g/mol. The molecule has 0 atom stereocenters. The number of anilines is 1. The molecule has 18 heavy (non-hydrogen) atoms. The third-order valence-electron chi connectivity index (χ3n) is 2.28. The Morgan fingerprint density at radius 1 is 1.39 bits per heavy atom. The molecule has 1 amide bonds. The predicted molar refractivity (Wildman–Crippen MR) is 64.3 cm³/mol. The van der Waals surface area contributed by atoms with Crippen LogP contribution in [0.15, 0.2) is 18.2 Å². The molecule has 0 radical (unpaired) electrons. The number of nitrogens with one attached hydrogen (secondary N) is 1. The smallest absolute Gasteiger partial charge is 0.273 e. The number of carbonyl (C=O) groups excluding carboxylic acids is 1. The van der Waals surface area contributed by atoms with Gasteiger partial charge in [-0.2, -0.15) is 0 Å². The van der Waals surface area contributed by atoms with Gasteiger partial charge in [0.15, 0.2) is 0 Å². The Labute approximate surface area is 103 Å². The number of nitro groups is 1. The fraction of sp³-hybridized carbons (Fsp3) is 0.364. The van der Waals surface area contributed by atoms with Crippen molar-refractivity contribution in [2.75, 3.05) is 11.9 Å². The number of nitrogens with zero attached hydrogens (tertiary/aromatic N) is 1. The summed E-state index contributed by atoms with van der Waals surface area (Å²) < 4.78 is 0. The SMILES string of the molecule is O=C(CCCCO)Nc1ccc([N+](=O)[O-])cc1O. The minimum absolute atomic E-state index is 0.0239. The molecule has 98 valence electrons. The van der Waals surface area contributed by atoms with Gasteiger partial charge in [-0.15, -0.1) is 0 Å². The van der Waals surface area contributed by atoms with Crippen LogP contribution in [0.25, 0.3) is 0 Å². The van der Waals surface area contributed by atoms with Crippen molar-refractivity contribution in [1.29, 1.82) is 0 Å². The molecule has 0 bridgehead atoms. The number of amides is 1. The second kappa shape index (κ2) is 6.55. The van der Waals surface area contributed by atoms with Gasteiger partial charge in [0.25, 0.3) is 5.69 Å². The topological polar surface area (TPSA) is 113 Å². The number of carbonyl (C=O) groups is 1. The summed E-state index contributed by atoms with van der Waals surface area (Å²) in [4.78, 5) is 21.2. The largest absolute Gasteiger partial charge is 0.506 e. The molecule has 1 aromatic rings. The molecule has 7 nitrogen and oxygen atoms in total. The van der Waals surface area contributed by atoms with E-state index in [0.717, 1.165) is 6.07 Å². The van der Waals surface area contributed by atoms with Gasteiger partial charge >= 0.3 is 0 Å². The Morgan fingerprint density at radius 3 is 2.67 bits per heavy atom. The Morgan fingerprint density at radius 2 is 2.11 bits per heavy atom. The molecular formula is C11H14N2O5. The van der Waals surface area contributed by atoms with Gasteiger partial charge in [0.05, 0.1) is 16.7 Å². The average Bonchev–Trinajstić information content (AvgIpc) is 2.32. The second-order valence-electron chi connectivity index (χ2n) is 3.69. The van der Waals surface area contributed by atoms with E-state index in [2.05, 4.69) is 5.32 Å². The van der Waals surface area contributed by atoms with Crippen LogP contribution >= 0.6 is 0 Å². The van der Waals surface area contributed by atoms with Crippen LogP contribution in [0.4, 0.5) is 11.4 Å². The maximum atomic E-state index is 11.4. The van der Waals surface area contributed by atoms with Crippen molar-refractivity contribution in [3.63, 3.8) is 0 Å². The minimum Gasteiger partial charge on any atom is -0.506 e. The highest BCUT2D eigenvalue weighted by atomic mass is 16.6. The molecule has 0 unspecified atom stereocenters. The van der Waals surface area contributed by atoms with E-state index in [0.29, 0.717) is 12.8 Å². The quantitative estimate of drug-likeness (QED) is 0.307. The lowest BCUT2D eigenvalue weighted by Gasteiger charge is -2.06. The van der Waals surface area contributed by atoms with E-state index in [1.54, 1.807) is 0 Å². The highest BCUT2D eigenvalue weighted by molar-refractivity contribution is 5.92. The van der Waals surface area contributed by atoms with Gasteiger partial charge in [-0.25, -0.2) is 0 Å². The maximum Gasteiger partial charge on any atom is 0.273 e. The first-order chi connectivity index (χ1) is 8.54. The number of aliphatic hydroxyl groups is 1. The molecule has 0 aliphatic heterocycles. The summed E-state index contributed by atoms with van der Waals surface area (Å²) in [5, 5.41) is 30.9. The normalized spacial score (nSPS) is 10.1. The van der Waals surface area contributed by atoms with Crippen LogP contribution < -0.4 is 5.32 Å². The molecule has 3 N–H and O–H groups in total. The van der Waals surface area contributed by atoms with Crippen molar-refractivity contribution >= 4 is 17.3 Å². The van der Waals surface area contributed by atoms with E-state index in [1.165, 1.54) is 12.1 Å².